The molecule has 1 aliphatic rings. The van der Waals surface area contributed by atoms with Gasteiger partial charge >= 0.3 is 0 Å². The van der Waals surface area contributed by atoms with Gasteiger partial charge < -0.3 is 19.5 Å². The van der Waals surface area contributed by atoms with Gasteiger partial charge in [0, 0.05) is 18.2 Å². The molecule has 1 aliphatic heterocycles. The Morgan fingerprint density at radius 2 is 1.92 bits per heavy atom. The Labute approximate surface area is 141 Å². The summed E-state index contributed by atoms with van der Waals surface area (Å²) in [6, 6.07) is 13.0. The second-order valence-electron chi connectivity index (χ2n) is 5.78. The van der Waals surface area contributed by atoms with Crippen LogP contribution in [0.4, 0.5) is 5.69 Å². The second kappa shape index (κ2) is 7.25. The van der Waals surface area contributed by atoms with Crippen molar-refractivity contribution < 1.29 is 19.0 Å². The maximum absolute atomic E-state index is 12.3. The van der Waals surface area contributed by atoms with Gasteiger partial charge in [-0.2, -0.15) is 0 Å². The van der Waals surface area contributed by atoms with Gasteiger partial charge in [-0.05, 0) is 43.7 Å². The van der Waals surface area contributed by atoms with Gasteiger partial charge in [-0.25, -0.2) is 0 Å². The zero-order valence-electron chi connectivity index (χ0n) is 13.9. The predicted molar refractivity (Wildman–Crippen MR) is 91.9 cm³/mol. The molecule has 2 aromatic rings. The van der Waals surface area contributed by atoms with Crippen molar-refractivity contribution in [3.8, 4) is 17.2 Å². The Hall–Kier alpha value is -2.69. The molecule has 1 amide bonds. The molecule has 0 saturated carbocycles. The molecule has 1 unspecified atom stereocenters. The highest BCUT2D eigenvalue weighted by Gasteiger charge is 2.17. The molecule has 3 rings (SSSR count). The molecule has 0 saturated heterocycles. The molecular weight excluding hydrogens is 306 g/mol. The van der Waals surface area contributed by atoms with Gasteiger partial charge in [0.25, 0.3) is 5.91 Å². The maximum Gasteiger partial charge on any atom is 0.265 e. The number of hydrogen-bond acceptors (Lipinski definition) is 4. The van der Waals surface area contributed by atoms with Crippen molar-refractivity contribution in [1.29, 1.82) is 0 Å². The largest absolute Gasteiger partial charge is 0.490 e. The quantitative estimate of drug-likeness (QED) is 0.933. The SMILES string of the molecule is Cc1cccc(OC(C)C(=O)Nc2ccc3c(c2)OCCCO3)c1. The summed E-state index contributed by atoms with van der Waals surface area (Å²) < 4.78 is 16.9. The number of amides is 1. The molecule has 24 heavy (non-hydrogen) atoms. The number of aryl methyl sites for hydroxylation is 1. The number of anilines is 1. The Bertz CT molecular complexity index is 729. The highest BCUT2D eigenvalue weighted by molar-refractivity contribution is 5.94. The lowest BCUT2D eigenvalue weighted by molar-refractivity contribution is -0.122. The molecule has 0 fully saturated rings. The fraction of sp³-hybridized carbons (Fsp3) is 0.316. The molecule has 0 aliphatic carbocycles. The Kier molecular flexibility index (Phi) is 4.89. The first-order valence-electron chi connectivity index (χ1n) is 8.05. The van der Waals surface area contributed by atoms with Crippen LogP contribution in [0.2, 0.25) is 0 Å². The minimum atomic E-state index is -0.609. The van der Waals surface area contributed by atoms with E-state index in [2.05, 4.69) is 5.32 Å². The number of nitrogens with one attached hydrogen (secondary N) is 1. The van der Waals surface area contributed by atoms with Crippen molar-refractivity contribution in [2.45, 2.75) is 26.4 Å². The molecule has 1 heterocycles. The predicted octanol–water partition coefficient (Wildman–Crippen LogP) is 3.56. The third-order valence-corrected chi connectivity index (χ3v) is 3.69. The first-order valence-corrected chi connectivity index (χ1v) is 8.05. The standard InChI is InChI=1S/C19H21NO4/c1-13-5-3-6-16(11-13)24-14(2)19(21)20-15-7-8-17-18(12-15)23-10-4-9-22-17/h3,5-8,11-12,14H,4,9-10H2,1-2H3,(H,20,21). The van der Waals surface area contributed by atoms with Crippen molar-refractivity contribution in [1.82, 2.24) is 0 Å². The van der Waals surface area contributed by atoms with E-state index in [1.807, 2.05) is 37.3 Å². The number of ether oxygens (including phenoxy) is 3. The third-order valence-electron chi connectivity index (χ3n) is 3.69. The molecule has 1 N–H and O–H groups in total. The first-order chi connectivity index (χ1) is 11.6. The van der Waals surface area contributed by atoms with Crippen molar-refractivity contribution in [3.05, 3.63) is 48.0 Å². The number of carbonyl (C=O) groups excluding carboxylic acids is 1. The van der Waals surface area contributed by atoms with E-state index in [0.29, 0.717) is 36.1 Å². The van der Waals surface area contributed by atoms with E-state index in [1.165, 1.54) is 0 Å². The first kappa shape index (κ1) is 16.2. The third kappa shape index (κ3) is 3.98. The highest BCUT2D eigenvalue weighted by atomic mass is 16.5. The molecule has 0 radical (unpaired) electrons. The molecular formula is C19H21NO4. The van der Waals surface area contributed by atoms with Crippen molar-refractivity contribution in [2.24, 2.45) is 0 Å². The van der Waals surface area contributed by atoms with Gasteiger partial charge in [0.15, 0.2) is 17.6 Å². The molecule has 0 aromatic heterocycles. The summed E-state index contributed by atoms with van der Waals surface area (Å²) in [7, 11) is 0. The minimum Gasteiger partial charge on any atom is -0.490 e. The van der Waals surface area contributed by atoms with Crippen LogP contribution >= 0.6 is 0 Å². The lowest BCUT2D eigenvalue weighted by Gasteiger charge is -2.16. The van der Waals surface area contributed by atoms with E-state index in [9.17, 15) is 4.79 Å². The van der Waals surface area contributed by atoms with Crippen molar-refractivity contribution >= 4 is 11.6 Å². The van der Waals surface area contributed by atoms with Crippen LogP contribution in [0.1, 0.15) is 18.9 Å². The summed E-state index contributed by atoms with van der Waals surface area (Å²) in [5, 5.41) is 2.85. The van der Waals surface area contributed by atoms with Crippen LogP contribution in [0.15, 0.2) is 42.5 Å². The molecule has 5 nitrogen and oxygen atoms in total. The van der Waals surface area contributed by atoms with E-state index in [-0.39, 0.29) is 5.91 Å². The Morgan fingerprint density at radius 1 is 1.12 bits per heavy atom. The molecule has 126 valence electrons. The topological polar surface area (TPSA) is 56.8 Å². The second-order valence-corrected chi connectivity index (χ2v) is 5.78. The summed E-state index contributed by atoms with van der Waals surface area (Å²) in [6.07, 6.45) is 0.236. The average molecular weight is 327 g/mol. The molecule has 0 bridgehead atoms. The number of carbonyl (C=O) groups is 1. The van der Waals surface area contributed by atoms with Gasteiger partial charge in [-0.15, -0.1) is 0 Å². The zero-order valence-corrected chi connectivity index (χ0v) is 13.9. The summed E-state index contributed by atoms with van der Waals surface area (Å²) in [6.45, 7) is 4.95. The van der Waals surface area contributed by atoms with Crippen LogP contribution in [0, 0.1) is 6.92 Å². The Morgan fingerprint density at radius 3 is 2.71 bits per heavy atom. The van der Waals surface area contributed by atoms with Gasteiger partial charge in [0.1, 0.15) is 5.75 Å². The van der Waals surface area contributed by atoms with E-state index in [4.69, 9.17) is 14.2 Å². The van der Waals surface area contributed by atoms with E-state index in [1.54, 1.807) is 19.1 Å². The maximum atomic E-state index is 12.3. The molecule has 1 atom stereocenters. The van der Waals surface area contributed by atoms with Crippen LogP contribution in [0.5, 0.6) is 17.2 Å². The van der Waals surface area contributed by atoms with Gasteiger partial charge in [0.2, 0.25) is 0 Å². The molecule has 5 heteroatoms. The molecule has 0 spiro atoms. The fourth-order valence-electron chi connectivity index (χ4n) is 2.43. The lowest BCUT2D eigenvalue weighted by Crippen LogP contribution is -2.30. The smallest absolute Gasteiger partial charge is 0.265 e. The van der Waals surface area contributed by atoms with Crippen LogP contribution < -0.4 is 19.5 Å². The number of rotatable bonds is 4. The summed E-state index contributed by atoms with van der Waals surface area (Å²) in [5.74, 6) is 1.81. The molecule has 2 aromatic carbocycles. The van der Waals surface area contributed by atoms with Crippen molar-refractivity contribution in [2.75, 3.05) is 18.5 Å². The van der Waals surface area contributed by atoms with Crippen LogP contribution in [0.3, 0.4) is 0 Å². The normalized spacial score (nSPS) is 14.4. The minimum absolute atomic E-state index is 0.217. The summed E-state index contributed by atoms with van der Waals surface area (Å²) >= 11 is 0. The van der Waals surface area contributed by atoms with E-state index >= 15 is 0 Å². The van der Waals surface area contributed by atoms with E-state index in [0.717, 1.165) is 12.0 Å². The Balaban J connectivity index is 1.64. The zero-order chi connectivity index (χ0) is 16.9. The highest BCUT2D eigenvalue weighted by Crippen LogP contribution is 2.32. The number of benzene rings is 2. The van der Waals surface area contributed by atoms with E-state index < -0.39 is 6.10 Å². The summed E-state index contributed by atoms with van der Waals surface area (Å²) in [4.78, 5) is 12.3. The van der Waals surface area contributed by atoms with Gasteiger partial charge in [-0.3, -0.25) is 4.79 Å². The summed E-state index contributed by atoms with van der Waals surface area (Å²) in [5.41, 5.74) is 1.74. The van der Waals surface area contributed by atoms with Gasteiger partial charge in [0.05, 0.1) is 13.2 Å². The van der Waals surface area contributed by atoms with Crippen molar-refractivity contribution in [3.63, 3.8) is 0 Å². The fourth-order valence-corrected chi connectivity index (χ4v) is 2.43. The van der Waals surface area contributed by atoms with Gasteiger partial charge in [-0.1, -0.05) is 12.1 Å². The van der Waals surface area contributed by atoms with Crippen LogP contribution in [0.25, 0.3) is 0 Å². The monoisotopic (exact) mass is 327 g/mol. The average Bonchev–Trinajstić information content (AvgIpc) is 2.79. The van der Waals surface area contributed by atoms with Crippen LogP contribution in [-0.4, -0.2) is 25.2 Å². The number of hydrogen-bond donors (Lipinski definition) is 1. The van der Waals surface area contributed by atoms with Crippen LogP contribution in [-0.2, 0) is 4.79 Å². The lowest BCUT2D eigenvalue weighted by atomic mass is 10.2. The number of fused-ring (bicyclic) bond motifs is 1.